The fraction of sp³-hybridized carbons (Fsp3) is 0.826. The molecule has 3 heteroatoms. The van der Waals surface area contributed by atoms with Gasteiger partial charge in [0.25, 0.3) is 0 Å². The van der Waals surface area contributed by atoms with Crippen LogP contribution in [0.5, 0.6) is 0 Å². The molecule has 0 aromatic carbocycles. The Morgan fingerprint density at radius 3 is 2.35 bits per heavy atom. The van der Waals surface area contributed by atoms with Gasteiger partial charge in [-0.25, -0.2) is 0 Å². The summed E-state index contributed by atoms with van der Waals surface area (Å²) in [5, 5.41) is 7.44. The van der Waals surface area contributed by atoms with Crippen molar-refractivity contribution in [3.8, 4) is 0 Å². The minimum Gasteiger partial charge on any atom is -0.316 e. The van der Waals surface area contributed by atoms with Gasteiger partial charge in [0.15, 0.2) is 0 Å². The number of nitrogens with zero attached hydrogens (tertiary/aromatic N) is 1. The lowest BCUT2D eigenvalue weighted by molar-refractivity contribution is 0.0690. The molecule has 2 N–H and O–H groups in total. The first-order valence-corrected chi connectivity index (χ1v) is 11.3. The molecule has 4 atom stereocenters. The van der Waals surface area contributed by atoms with Crippen LogP contribution in [0, 0.1) is 10.8 Å². The van der Waals surface area contributed by atoms with Crippen molar-refractivity contribution in [3.05, 3.63) is 23.3 Å². The first-order chi connectivity index (χ1) is 12.7. The molecule has 4 aliphatic heterocycles. The third-order valence-corrected chi connectivity index (χ3v) is 9.03. The predicted octanol–water partition coefficient (Wildman–Crippen LogP) is 3.38. The number of fused-ring (bicyclic) bond motifs is 2. The zero-order valence-electron chi connectivity index (χ0n) is 16.2. The maximum absolute atomic E-state index is 3.84. The Bertz CT molecular complexity index is 634. The SMILES string of the molecule is C1=C(C2=CCC3(CCNC3)C2)CC2(C1)CCN(C1CC3CCC1N3)CC2. The molecule has 142 valence electrons. The molecule has 3 nitrogen and oxygen atoms in total. The Morgan fingerprint density at radius 2 is 1.69 bits per heavy atom. The van der Waals surface area contributed by atoms with Gasteiger partial charge in [0.05, 0.1) is 0 Å². The van der Waals surface area contributed by atoms with E-state index in [1.807, 2.05) is 0 Å². The maximum Gasteiger partial charge on any atom is 0.0264 e. The number of hydrogen-bond donors (Lipinski definition) is 2. The normalized spacial score (nSPS) is 44.4. The van der Waals surface area contributed by atoms with Gasteiger partial charge in [-0.2, -0.15) is 0 Å². The highest BCUT2D eigenvalue weighted by atomic mass is 15.2. The molecule has 2 bridgehead atoms. The van der Waals surface area contributed by atoms with Gasteiger partial charge in [-0.15, -0.1) is 0 Å². The number of likely N-dealkylation sites (tertiary alicyclic amines) is 1. The highest BCUT2D eigenvalue weighted by molar-refractivity contribution is 5.39. The number of rotatable bonds is 2. The molecular weight excluding hydrogens is 318 g/mol. The molecule has 0 radical (unpaired) electrons. The van der Waals surface area contributed by atoms with E-state index in [-0.39, 0.29) is 0 Å². The molecule has 6 rings (SSSR count). The fourth-order valence-corrected chi connectivity index (χ4v) is 7.30. The van der Waals surface area contributed by atoms with Crippen LogP contribution in [-0.4, -0.2) is 49.2 Å². The summed E-state index contributed by atoms with van der Waals surface area (Å²) in [5.41, 5.74) is 4.67. The van der Waals surface area contributed by atoms with Crippen LogP contribution in [0.3, 0.4) is 0 Å². The lowest BCUT2D eigenvalue weighted by Gasteiger charge is -2.44. The number of allylic oxidation sites excluding steroid dienone is 4. The summed E-state index contributed by atoms with van der Waals surface area (Å²) < 4.78 is 0. The molecule has 0 saturated carbocycles. The summed E-state index contributed by atoms with van der Waals surface area (Å²) in [6, 6.07) is 2.51. The van der Waals surface area contributed by atoms with Crippen LogP contribution in [0.1, 0.15) is 64.2 Å². The summed E-state index contributed by atoms with van der Waals surface area (Å²) in [6.45, 7) is 5.18. The van der Waals surface area contributed by atoms with Gasteiger partial charge in [0.2, 0.25) is 0 Å². The third-order valence-electron chi connectivity index (χ3n) is 9.03. The summed E-state index contributed by atoms with van der Waals surface area (Å²) in [5.74, 6) is 0. The molecule has 4 heterocycles. The predicted molar refractivity (Wildman–Crippen MR) is 106 cm³/mol. The summed E-state index contributed by atoms with van der Waals surface area (Å²) in [7, 11) is 0. The van der Waals surface area contributed by atoms with Gasteiger partial charge < -0.3 is 10.6 Å². The molecule has 0 amide bonds. The van der Waals surface area contributed by atoms with Crippen LogP contribution in [0.15, 0.2) is 23.3 Å². The van der Waals surface area contributed by atoms with E-state index >= 15 is 0 Å². The van der Waals surface area contributed by atoms with E-state index in [1.165, 1.54) is 90.4 Å². The van der Waals surface area contributed by atoms with E-state index in [4.69, 9.17) is 0 Å². The topological polar surface area (TPSA) is 27.3 Å². The minimum absolute atomic E-state index is 0.587. The van der Waals surface area contributed by atoms with Crippen LogP contribution in [0.25, 0.3) is 0 Å². The van der Waals surface area contributed by atoms with Crippen molar-refractivity contribution < 1.29 is 0 Å². The van der Waals surface area contributed by atoms with Crippen molar-refractivity contribution in [2.75, 3.05) is 26.2 Å². The molecule has 2 spiro atoms. The van der Waals surface area contributed by atoms with Crippen molar-refractivity contribution in [3.63, 3.8) is 0 Å². The molecular formula is C23H35N3. The largest absolute Gasteiger partial charge is 0.316 e. The molecule has 6 aliphatic rings. The first kappa shape index (κ1) is 16.3. The summed E-state index contributed by atoms with van der Waals surface area (Å²) in [4.78, 5) is 2.86. The van der Waals surface area contributed by atoms with Gasteiger partial charge >= 0.3 is 0 Å². The lowest BCUT2D eigenvalue weighted by atomic mass is 9.74. The Hall–Kier alpha value is -0.640. The molecule has 4 saturated heterocycles. The van der Waals surface area contributed by atoms with Crippen LogP contribution in [-0.2, 0) is 0 Å². The summed E-state index contributed by atoms with van der Waals surface area (Å²) >= 11 is 0. The fourth-order valence-electron chi connectivity index (χ4n) is 7.30. The van der Waals surface area contributed by atoms with Crippen molar-refractivity contribution in [2.45, 2.75) is 82.3 Å². The van der Waals surface area contributed by atoms with Gasteiger partial charge in [-0.05, 0) is 106 Å². The zero-order chi connectivity index (χ0) is 17.2. The number of hydrogen-bond acceptors (Lipinski definition) is 3. The molecule has 4 unspecified atom stereocenters. The average Bonchev–Trinajstić information content (AvgIpc) is 3.46. The standard InChI is InChI=1S/C23H35N3/c1-2-20-21(13-19(1)25-20)26-11-8-22(9-12-26)5-3-17(14-22)18-4-6-23(15-18)7-10-24-16-23/h3-4,19-21,24-25H,1-2,5-16H2. The number of nitrogens with one attached hydrogen (secondary N) is 2. The van der Waals surface area contributed by atoms with Gasteiger partial charge in [-0.3, -0.25) is 4.90 Å². The Balaban J connectivity index is 1.07. The second-order valence-electron chi connectivity index (χ2n) is 10.5. The zero-order valence-corrected chi connectivity index (χ0v) is 16.2. The van der Waals surface area contributed by atoms with E-state index in [0.717, 1.165) is 18.1 Å². The Kier molecular flexibility index (Phi) is 3.72. The second kappa shape index (κ2) is 5.93. The highest BCUT2D eigenvalue weighted by Gasteiger charge is 2.46. The Morgan fingerprint density at radius 1 is 0.923 bits per heavy atom. The van der Waals surface area contributed by atoms with E-state index in [0.29, 0.717) is 10.8 Å². The van der Waals surface area contributed by atoms with Crippen molar-refractivity contribution >= 4 is 0 Å². The van der Waals surface area contributed by atoms with Crippen molar-refractivity contribution in [1.82, 2.24) is 15.5 Å². The maximum atomic E-state index is 3.84. The van der Waals surface area contributed by atoms with Crippen LogP contribution in [0.2, 0.25) is 0 Å². The van der Waals surface area contributed by atoms with Crippen molar-refractivity contribution in [2.24, 2.45) is 10.8 Å². The lowest BCUT2D eigenvalue weighted by Crippen LogP contribution is -2.49. The molecule has 4 fully saturated rings. The first-order valence-electron chi connectivity index (χ1n) is 11.3. The van der Waals surface area contributed by atoms with E-state index in [2.05, 4.69) is 27.7 Å². The number of piperidine rings is 1. The second-order valence-corrected chi connectivity index (χ2v) is 10.5. The quantitative estimate of drug-likeness (QED) is 0.797. The van der Waals surface area contributed by atoms with Crippen LogP contribution >= 0.6 is 0 Å². The van der Waals surface area contributed by atoms with E-state index in [1.54, 1.807) is 11.1 Å². The van der Waals surface area contributed by atoms with E-state index < -0.39 is 0 Å². The van der Waals surface area contributed by atoms with E-state index in [9.17, 15) is 0 Å². The smallest absolute Gasteiger partial charge is 0.0264 e. The monoisotopic (exact) mass is 353 g/mol. The third kappa shape index (κ3) is 2.57. The molecule has 2 aliphatic carbocycles. The van der Waals surface area contributed by atoms with Crippen LogP contribution in [0.4, 0.5) is 0 Å². The average molecular weight is 354 g/mol. The van der Waals surface area contributed by atoms with Gasteiger partial charge in [0, 0.05) is 24.7 Å². The Labute approximate surface area is 158 Å². The molecule has 0 aromatic rings. The van der Waals surface area contributed by atoms with Crippen LogP contribution < -0.4 is 10.6 Å². The molecule has 0 aromatic heterocycles. The van der Waals surface area contributed by atoms with Gasteiger partial charge in [0.1, 0.15) is 0 Å². The van der Waals surface area contributed by atoms with Crippen molar-refractivity contribution in [1.29, 1.82) is 0 Å². The summed E-state index contributed by atoms with van der Waals surface area (Å²) in [6.07, 6.45) is 19.2. The highest BCUT2D eigenvalue weighted by Crippen LogP contribution is 2.52. The minimum atomic E-state index is 0.587. The molecule has 26 heavy (non-hydrogen) atoms. The van der Waals surface area contributed by atoms with Gasteiger partial charge in [-0.1, -0.05) is 12.2 Å².